The van der Waals surface area contributed by atoms with Crippen LogP contribution in [0.5, 0.6) is 5.75 Å². The van der Waals surface area contributed by atoms with Gasteiger partial charge in [0.05, 0.1) is 19.8 Å². The van der Waals surface area contributed by atoms with Gasteiger partial charge in [0.15, 0.2) is 0 Å². The largest absolute Gasteiger partial charge is 0.496 e. The van der Waals surface area contributed by atoms with Crippen LogP contribution in [-0.4, -0.2) is 12.2 Å². The third-order valence-corrected chi connectivity index (χ3v) is 3.53. The van der Waals surface area contributed by atoms with Crippen LogP contribution in [0, 0.1) is 11.6 Å². The second-order valence-electron chi connectivity index (χ2n) is 4.96. The Bertz CT molecular complexity index is 647. The Morgan fingerprint density at radius 1 is 1.18 bits per heavy atom. The van der Waals surface area contributed by atoms with Gasteiger partial charge in [0.2, 0.25) is 0 Å². The molecular weight excluding hydrogens is 288 g/mol. The molecule has 0 aliphatic carbocycles. The van der Waals surface area contributed by atoms with Crippen molar-refractivity contribution in [2.75, 3.05) is 12.4 Å². The van der Waals surface area contributed by atoms with E-state index in [1.165, 1.54) is 13.2 Å². The Morgan fingerprint density at radius 2 is 1.95 bits per heavy atom. The molecule has 0 heterocycles. The first-order chi connectivity index (χ1) is 10.6. The summed E-state index contributed by atoms with van der Waals surface area (Å²) >= 11 is 0. The van der Waals surface area contributed by atoms with Crippen molar-refractivity contribution in [1.82, 2.24) is 0 Å². The van der Waals surface area contributed by atoms with E-state index in [-0.39, 0.29) is 18.2 Å². The molecule has 0 amide bonds. The van der Waals surface area contributed by atoms with Gasteiger partial charge in [0.1, 0.15) is 17.4 Å². The van der Waals surface area contributed by atoms with Crippen LogP contribution in [0.2, 0.25) is 0 Å². The molecule has 2 aromatic carbocycles. The normalized spacial score (nSPS) is 12.0. The fourth-order valence-electron chi connectivity index (χ4n) is 2.37. The predicted octanol–water partition coefficient (Wildman–Crippen LogP) is 4.03. The molecule has 22 heavy (non-hydrogen) atoms. The summed E-state index contributed by atoms with van der Waals surface area (Å²) in [7, 11) is 1.53. The van der Waals surface area contributed by atoms with Gasteiger partial charge in [-0.25, -0.2) is 8.78 Å². The first kappa shape index (κ1) is 16.2. The lowest BCUT2D eigenvalue weighted by Crippen LogP contribution is -2.12. The van der Waals surface area contributed by atoms with Crippen molar-refractivity contribution >= 4 is 5.69 Å². The van der Waals surface area contributed by atoms with Gasteiger partial charge in [-0.2, -0.15) is 0 Å². The summed E-state index contributed by atoms with van der Waals surface area (Å²) in [5, 5.41) is 12.5. The smallest absolute Gasteiger partial charge is 0.128 e. The van der Waals surface area contributed by atoms with Gasteiger partial charge in [-0.1, -0.05) is 6.92 Å². The van der Waals surface area contributed by atoms with Gasteiger partial charge < -0.3 is 15.2 Å². The molecule has 1 atom stereocenters. The molecular formula is C17H19F2NO2. The number of anilines is 1. The van der Waals surface area contributed by atoms with Gasteiger partial charge in [0.25, 0.3) is 0 Å². The number of hydrogen-bond acceptors (Lipinski definition) is 3. The van der Waals surface area contributed by atoms with Gasteiger partial charge in [-0.3, -0.25) is 0 Å². The number of ether oxygens (including phenoxy) is 1. The maximum atomic E-state index is 13.9. The molecule has 0 saturated heterocycles. The maximum absolute atomic E-state index is 13.9. The Balaban J connectivity index is 2.28. The molecule has 2 N–H and O–H groups in total. The fourth-order valence-corrected chi connectivity index (χ4v) is 2.37. The third-order valence-electron chi connectivity index (χ3n) is 3.53. The van der Waals surface area contributed by atoms with E-state index < -0.39 is 11.6 Å². The number of aliphatic hydroxyl groups excluding tert-OH is 1. The van der Waals surface area contributed by atoms with E-state index in [1.54, 1.807) is 18.2 Å². The fraction of sp³-hybridized carbons (Fsp3) is 0.294. The van der Waals surface area contributed by atoms with Crippen LogP contribution in [-0.2, 0) is 6.61 Å². The monoisotopic (exact) mass is 307 g/mol. The van der Waals surface area contributed by atoms with Crippen molar-refractivity contribution in [3.63, 3.8) is 0 Å². The zero-order chi connectivity index (χ0) is 16.1. The van der Waals surface area contributed by atoms with Crippen molar-refractivity contribution in [3.8, 4) is 5.75 Å². The number of hydrogen-bond donors (Lipinski definition) is 2. The van der Waals surface area contributed by atoms with Crippen molar-refractivity contribution in [3.05, 3.63) is 59.2 Å². The molecule has 3 nitrogen and oxygen atoms in total. The molecule has 118 valence electrons. The zero-order valence-electron chi connectivity index (χ0n) is 12.6. The molecule has 0 fully saturated rings. The Labute approximate surface area is 128 Å². The van der Waals surface area contributed by atoms with Gasteiger partial charge in [-0.15, -0.1) is 0 Å². The Hall–Kier alpha value is -2.14. The number of aliphatic hydroxyl groups is 1. The summed E-state index contributed by atoms with van der Waals surface area (Å²) in [6.07, 6.45) is 0.584. The van der Waals surface area contributed by atoms with E-state index in [4.69, 9.17) is 4.74 Å². The van der Waals surface area contributed by atoms with Crippen LogP contribution in [0.15, 0.2) is 36.4 Å². The summed E-state index contributed by atoms with van der Waals surface area (Å²) in [5.41, 5.74) is 1.62. The van der Waals surface area contributed by atoms with Gasteiger partial charge in [0, 0.05) is 16.8 Å². The highest BCUT2D eigenvalue weighted by molar-refractivity contribution is 5.52. The third kappa shape index (κ3) is 3.54. The SMILES string of the molecule is CCC(Nc1ccc(OC)c(CO)c1)c1cc(F)ccc1F. The van der Waals surface area contributed by atoms with Crippen LogP contribution in [0.1, 0.15) is 30.5 Å². The molecule has 0 aliphatic rings. The van der Waals surface area contributed by atoms with Crippen LogP contribution >= 0.6 is 0 Å². The number of benzene rings is 2. The highest BCUT2D eigenvalue weighted by atomic mass is 19.1. The van der Waals surface area contributed by atoms with E-state index in [0.29, 0.717) is 23.4 Å². The summed E-state index contributed by atoms with van der Waals surface area (Å²) in [6.45, 7) is 1.72. The Kier molecular flexibility index (Phi) is 5.33. The quantitative estimate of drug-likeness (QED) is 0.846. The lowest BCUT2D eigenvalue weighted by atomic mass is 10.0. The second kappa shape index (κ2) is 7.22. The van der Waals surface area contributed by atoms with Crippen LogP contribution in [0.25, 0.3) is 0 Å². The molecule has 0 aromatic heterocycles. The van der Waals surface area contributed by atoms with Gasteiger partial charge in [-0.05, 0) is 42.8 Å². The average molecular weight is 307 g/mol. The summed E-state index contributed by atoms with van der Waals surface area (Å²) in [6, 6.07) is 8.30. The molecule has 0 radical (unpaired) electrons. The standard InChI is InChI=1S/C17H19F2NO2/c1-3-16(14-9-12(18)4-6-15(14)19)20-13-5-7-17(22-2)11(8-13)10-21/h4-9,16,20-21H,3,10H2,1-2H3. The summed E-state index contributed by atoms with van der Waals surface area (Å²) < 4.78 is 32.4. The minimum atomic E-state index is -0.470. The molecule has 0 saturated carbocycles. The van der Waals surface area contributed by atoms with E-state index >= 15 is 0 Å². The number of methoxy groups -OCH3 is 1. The second-order valence-corrected chi connectivity index (χ2v) is 4.96. The highest BCUT2D eigenvalue weighted by Crippen LogP contribution is 2.28. The molecule has 0 bridgehead atoms. The Morgan fingerprint density at radius 3 is 2.59 bits per heavy atom. The van der Waals surface area contributed by atoms with E-state index in [2.05, 4.69) is 5.32 Å². The first-order valence-corrected chi connectivity index (χ1v) is 7.08. The molecule has 2 rings (SSSR count). The van der Waals surface area contributed by atoms with E-state index in [0.717, 1.165) is 12.1 Å². The summed E-state index contributed by atoms with van der Waals surface area (Å²) in [4.78, 5) is 0. The van der Waals surface area contributed by atoms with Crippen molar-refractivity contribution in [2.24, 2.45) is 0 Å². The number of rotatable bonds is 6. The van der Waals surface area contributed by atoms with Crippen molar-refractivity contribution < 1.29 is 18.6 Å². The topological polar surface area (TPSA) is 41.5 Å². The van der Waals surface area contributed by atoms with Crippen LogP contribution in [0.4, 0.5) is 14.5 Å². The molecule has 0 aliphatic heterocycles. The lowest BCUT2D eigenvalue weighted by molar-refractivity contribution is 0.274. The molecule has 2 aromatic rings. The van der Waals surface area contributed by atoms with E-state index in [1.807, 2.05) is 6.92 Å². The van der Waals surface area contributed by atoms with Crippen molar-refractivity contribution in [2.45, 2.75) is 26.0 Å². The minimum Gasteiger partial charge on any atom is -0.496 e. The first-order valence-electron chi connectivity index (χ1n) is 7.08. The summed E-state index contributed by atoms with van der Waals surface area (Å²) in [5.74, 6) is -0.336. The average Bonchev–Trinajstić information content (AvgIpc) is 2.54. The number of nitrogens with one attached hydrogen (secondary N) is 1. The predicted molar refractivity (Wildman–Crippen MR) is 81.9 cm³/mol. The van der Waals surface area contributed by atoms with Crippen molar-refractivity contribution in [1.29, 1.82) is 0 Å². The molecule has 1 unspecified atom stereocenters. The van der Waals surface area contributed by atoms with Gasteiger partial charge >= 0.3 is 0 Å². The lowest BCUT2D eigenvalue weighted by Gasteiger charge is -2.20. The molecule has 5 heteroatoms. The van der Waals surface area contributed by atoms with Crippen LogP contribution in [0.3, 0.4) is 0 Å². The van der Waals surface area contributed by atoms with Crippen LogP contribution < -0.4 is 10.1 Å². The number of halogens is 2. The van der Waals surface area contributed by atoms with E-state index in [9.17, 15) is 13.9 Å². The minimum absolute atomic E-state index is 0.163. The molecule has 0 spiro atoms. The zero-order valence-corrected chi connectivity index (χ0v) is 12.6. The highest BCUT2D eigenvalue weighted by Gasteiger charge is 2.15. The maximum Gasteiger partial charge on any atom is 0.128 e.